The van der Waals surface area contributed by atoms with E-state index in [0.29, 0.717) is 28.7 Å². The average molecular weight is 209 g/mol. The van der Waals surface area contributed by atoms with E-state index in [1.807, 2.05) is 0 Å². The minimum Gasteiger partial charge on any atom is -0.333 e. The van der Waals surface area contributed by atoms with Crippen molar-refractivity contribution in [3.63, 3.8) is 0 Å². The Hall–Kier alpha value is -1.75. The van der Waals surface area contributed by atoms with Crippen molar-refractivity contribution in [2.24, 2.45) is 0 Å². The van der Waals surface area contributed by atoms with Crippen molar-refractivity contribution < 1.29 is 4.79 Å². The molecule has 0 fully saturated rings. The summed E-state index contributed by atoms with van der Waals surface area (Å²) in [6, 6.07) is 0. The Morgan fingerprint density at radius 1 is 1.21 bits per heavy atom. The zero-order valence-electron chi connectivity index (χ0n) is 6.94. The van der Waals surface area contributed by atoms with Crippen LogP contribution in [0.2, 0.25) is 5.02 Å². The number of imidazole rings is 1. The molecule has 0 spiro atoms. The second-order valence-corrected chi connectivity index (χ2v) is 2.97. The Bertz CT molecular complexity index is 451. The molecule has 6 heteroatoms. The number of nitrogens with one attached hydrogen (secondary N) is 1. The third-order valence-electron chi connectivity index (χ3n) is 1.55. The highest BCUT2D eigenvalue weighted by atomic mass is 35.5. The van der Waals surface area contributed by atoms with Crippen molar-refractivity contribution in [1.82, 2.24) is 19.9 Å². The van der Waals surface area contributed by atoms with E-state index in [4.69, 9.17) is 11.6 Å². The van der Waals surface area contributed by atoms with Gasteiger partial charge in [-0.05, 0) is 0 Å². The Morgan fingerprint density at radius 3 is 2.50 bits per heavy atom. The fourth-order valence-electron chi connectivity index (χ4n) is 0.943. The number of carbonyl (C=O) groups is 1. The van der Waals surface area contributed by atoms with Gasteiger partial charge in [-0.25, -0.2) is 15.0 Å². The molecule has 2 aromatic heterocycles. The highest BCUT2D eigenvalue weighted by Crippen LogP contribution is 2.11. The molecule has 0 unspecified atom stereocenters. The van der Waals surface area contributed by atoms with Crippen molar-refractivity contribution in [3.05, 3.63) is 29.3 Å². The van der Waals surface area contributed by atoms with Crippen LogP contribution in [0.25, 0.3) is 11.6 Å². The largest absolute Gasteiger partial charge is 0.333 e. The zero-order chi connectivity index (χ0) is 9.97. The number of H-pyrrole nitrogens is 1. The number of hydrogen-bond donors (Lipinski definition) is 1. The van der Waals surface area contributed by atoms with E-state index < -0.39 is 0 Å². The molecule has 0 aliphatic carbocycles. The molecule has 1 N–H and O–H groups in total. The summed E-state index contributed by atoms with van der Waals surface area (Å²) < 4.78 is 0. The first-order valence-electron chi connectivity index (χ1n) is 3.77. The highest BCUT2D eigenvalue weighted by molar-refractivity contribution is 6.30. The standard InChI is InChI=1S/C8H5ClN4O/c9-5-1-10-7(11-2-5)8-12-3-6(4-14)13-8/h1-4H,(H,12,13). The Balaban J connectivity index is 2.39. The predicted molar refractivity (Wildman–Crippen MR) is 50.0 cm³/mol. The van der Waals surface area contributed by atoms with Crippen LogP contribution in [-0.2, 0) is 0 Å². The summed E-state index contributed by atoms with van der Waals surface area (Å²) in [5, 5.41) is 0.455. The van der Waals surface area contributed by atoms with Gasteiger partial charge in [-0.1, -0.05) is 11.6 Å². The summed E-state index contributed by atoms with van der Waals surface area (Å²) >= 11 is 5.62. The van der Waals surface area contributed by atoms with Crippen LogP contribution in [0.1, 0.15) is 10.5 Å². The van der Waals surface area contributed by atoms with Crippen LogP contribution in [0, 0.1) is 0 Å². The van der Waals surface area contributed by atoms with Crippen molar-refractivity contribution in [2.45, 2.75) is 0 Å². The first-order chi connectivity index (χ1) is 6.79. The minimum atomic E-state index is 0.388. The number of nitrogens with zero attached hydrogens (tertiary/aromatic N) is 3. The number of rotatable bonds is 2. The summed E-state index contributed by atoms with van der Waals surface area (Å²) in [6.45, 7) is 0. The summed E-state index contributed by atoms with van der Waals surface area (Å²) in [6.07, 6.45) is 5.02. The topological polar surface area (TPSA) is 71.5 Å². The molecule has 0 aliphatic rings. The normalized spacial score (nSPS) is 10.1. The molecule has 14 heavy (non-hydrogen) atoms. The van der Waals surface area contributed by atoms with Crippen LogP contribution >= 0.6 is 11.6 Å². The molecular formula is C8H5ClN4O. The predicted octanol–water partition coefficient (Wildman–Crippen LogP) is 1.33. The molecule has 2 heterocycles. The SMILES string of the molecule is O=Cc1cnc(-c2ncc(Cl)cn2)[nH]1. The summed E-state index contributed by atoms with van der Waals surface area (Å²) in [7, 11) is 0. The van der Waals surface area contributed by atoms with Crippen molar-refractivity contribution in [1.29, 1.82) is 0 Å². The molecular weight excluding hydrogens is 204 g/mol. The molecule has 70 valence electrons. The smallest absolute Gasteiger partial charge is 0.195 e. The maximum atomic E-state index is 10.4. The van der Waals surface area contributed by atoms with E-state index in [0.717, 1.165) is 0 Å². The Morgan fingerprint density at radius 2 is 1.93 bits per heavy atom. The van der Waals surface area contributed by atoms with Gasteiger partial charge in [-0.15, -0.1) is 0 Å². The minimum absolute atomic E-state index is 0.388. The molecule has 2 rings (SSSR count). The number of carbonyl (C=O) groups excluding carboxylic acids is 1. The van der Waals surface area contributed by atoms with Gasteiger partial charge in [0.2, 0.25) is 0 Å². The van der Waals surface area contributed by atoms with E-state index in [-0.39, 0.29) is 0 Å². The van der Waals surface area contributed by atoms with Crippen LogP contribution in [0.3, 0.4) is 0 Å². The maximum Gasteiger partial charge on any atom is 0.195 e. The van der Waals surface area contributed by atoms with E-state index in [1.54, 1.807) is 0 Å². The second-order valence-electron chi connectivity index (χ2n) is 2.53. The van der Waals surface area contributed by atoms with Gasteiger partial charge in [0.1, 0.15) is 0 Å². The lowest BCUT2D eigenvalue weighted by Crippen LogP contribution is -1.89. The van der Waals surface area contributed by atoms with E-state index in [2.05, 4.69) is 19.9 Å². The maximum absolute atomic E-state index is 10.4. The van der Waals surface area contributed by atoms with Gasteiger partial charge in [0.25, 0.3) is 0 Å². The Kier molecular flexibility index (Phi) is 2.24. The fourth-order valence-corrected chi connectivity index (χ4v) is 1.04. The second kappa shape index (κ2) is 3.55. The molecule has 0 aromatic carbocycles. The lowest BCUT2D eigenvalue weighted by molar-refractivity contribution is 0.111. The summed E-state index contributed by atoms with van der Waals surface area (Å²) in [5.41, 5.74) is 0.388. The third kappa shape index (κ3) is 1.62. The van der Waals surface area contributed by atoms with Gasteiger partial charge in [0.05, 0.1) is 16.9 Å². The molecule has 0 aliphatic heterocycles. The van der Waals surface area contributed by atoms with E-state index in [9.17, 15) is 4.79 Å². The molecule has 0 atom stereocenters. The van der Waals surface area contributed by atoms with Gasteiger partial charge < -0.3 is 4.98 Å². The zero-order valence-corrected chi connectivity index (χ0v) is 7.69. The van der Waals surface area contributed by atoms with Gasteiger partial charge in [-0.3, -0.25) is 4.79 Å². The Labute approximate surface area is 84.2 Å². The number of aromatic amines is 1. The molecule has 0 saturated heterocycles. The quantitative estimate of drug-likeness (QED) is 0.756. The summed E-state index contributed by atoms with van der Waals surface area (Å²) in [4.78, 5) is 24.9. The number of aldehydes is 1. The first kappa shape index (κ1) is 8.83. The molecule has 5 nitrogen and oxygen atoms in total. The molecule has 0 amide bonds. The molecule has 2 aromatic rings. The van der Waals surface area contributed by atoms with Crippen LogP contribution < -0.4 is 0 Å². The number of halogens is 1. The van der Waals surface area contributed by atoms with Crippen LogP contribution in [-0.4, -0.2) is 26.2 Å². The van der Waals surface area contributed by atoms with Crippen LogP contribution in [0.5, 0.6) is 0 Å². The average Bonchev–Trinajstić information content (AvgIpc) is 2.67. The highest BCUT2D eigenvalue weighted by Gasteiger charge is 2.05. The molecule has 0 saturated carbocycles. The number of aromatic nitrogens is 4. The first-order valence-corrected chi connectivity index (χ1v) is 4.15. The van der Waals surface area contributed by atoms with Crippen molar-refractivity contribution in [3.8, 4) is 11.6 Å². The van der Waals surface area contributed by atoms with Crippen LogP contribution in [0.15, 0.2) is 18.6 Å². The molecule has 0 radical (unpaired) electrons. The lowest BCUT2D eigenvalue weighted by atomic mass is 10.5. The lowest BCUT2D eigenvalue weighted by Gasteiger charge is -1.93. The molecule has 0 bridgehead atoms. The monoisotopic (exact) mass is 208 g/mol. The number of hydrogen-bond acceptors (Lipinski definition) is 4. The van der Waals surface area contributed by atoms with E-state index in [1.165, 1.54) is 18.6 Å². The van der Waals surface area contributed by atoms with E-state index >= 15 is 0 Å². The van der Waals surface area contributed by atoms with Crippen LogP contribution in [0.4, 0.5) is 0 Å². The summed E-state index contributed by atoms with van der Waals surface area (Å²) in [5.74, 6) is 0.853. The van der Waals surface area contributed by atoms with Gasteiger partial charge in [0, 0.05) is 12.4 Å². The van der Waals surface area contributed by atoms with Gasteiger partial charge in [0.15, 0.2) is 17.9 Å². The van der Waals surface area contributed by atoms with Crippen molar-refractivity contribution >= 4 is 17.9 Å². The van der Waals surface area contributed by atoms with Crippen molar-refractivity contribution in [2.75, 3.05) is 0 Å². The fraction of sp³-hybridized carbons (Fsp3) is 0. The van der Waals surface area contributed by atoms with Gasteiger partial charge >= 0.3 is 0 Å². The van der Waals surface area contributed by atoms with Gasteiger partial charge in [-0.2, -0.15) is 0 Å². The third-order valence-corrected chi connectivity index (χ3v) is 1.75.